The molecule has 8 heteroatoms. The van der Waals surface area contributed by atoms with Gasteiger partial charge in [-0.3, -0.25) is 9.74 Å². The smallest absolute Gasteiger partial charge is 0.290 e. The lowest BCUT2D eigenvalue weighted by molar-refractivity contribution is -0.139. The van der Waals surface area contributed by atoms with Gasteiger partial charge in [-0.25, -0.2) is 9.86 Å². The summed E-state index contributed by atoms with van der Waals surface area (Å²) < 4.78 is 39.0. The minimum atomic E-state index is -4.45. The van der Waals surface area contributed by atoms with Gasteiger partial charge in [0.15, 0.2) is 0 Å². The molecule has 0 radical (unpaired) electrons. The Labute approximate surface area is 118 Å². The molecule has 20 heavy (non-hydrogen) atoms. The van der Waals surface area contributed by atoms with Crippen molar-refractivity contribution in [3.05, 3.63) is 23.8 Å². The van der Waals surface area contributed by atoms with Gasteiger partial charge < -0.3 is 0 Å². The Morgan fingerprint density at radius 2 is 2.05 bits per heavy atom. The number of benzene rings is 1. The lowest BCUT2D eigenvalue weighted by Gasteiger charge is -2.32. The zero-order valence-electron chi connectivity index (χ0n) is 10.9. The predicted molar refractivity (Wildman–Crippen MR) is 69.7 cm³/mol. The number of hydroxylamine groups is 2. The fraction of sp³-hybridized carbons (Fsp3) is 0.417. The summed E-state index contributed by atoms with van der Waals surface area (Å²) in [5.41, 5.74) is -0.514. The van der Waals surface area contributed by atoms with E-state index in [0.717, 1.165) is 22.9 Å². The second-order valence-electron chi connectivity index (χ2n) is 4.15. The first kappa shape index (κ1) is 15.0. The van der Waals surface area contributed by atoms with Crippen molar-refractivity contribution in [2.45, 2.75) is 11.1 Å². The molecule has 0 unspecified atom stereocenters. The molecule has 2 amide bonds. The molecule has 1 aliphatic rings. The predicted octanol–water partition coefficient (Wildman–Crippen LogP) is 3.23. The van der Waals surface area contributed by atoms with E-state index in [1.165, 1.54) is 24.1 Å². The molecular formula is C12H13F3N2O2S. The van der Waals surface area contributed by atoms with Gasteiger partial charge in [0.1, 0.15) is 0 Å². The normalized spacial score (nSPS) is 16.8. The van der Waals surface area contributed by atoms with Gasteiger partial charge in [-0.1, -0.05) is 0 Å². The van der Waals surface area contributed by atoms with Crippen molar-refractivity contribution in [3.8, 4) is 0 Å². The molecule has 0 aromatic heterocycles. The number of hydrogen-bond acceptors (Lipinski definition) is 3. The summed E-state index contributed by atoms with van der Waals surface area (Å²) in [6.07, 6.45) is -2.87. The fourth-order valence-electron chi connectivity index (χ4n) is 1.91. The largest absolute Gasteiger partial charge is 0.417 e. The van der Waals surface area contributed by atoms with Crippen LogP contribution in [0.2, 0.25) is 0 Å². The Hall–Kier alpha value is -1.41. The SMILES string of the molecule is CSc1ccc(N2CCON(C)C2=O)cc1C(F)(F)F. The Bertz CT molecular complexity index is 522. The van der Waals surface area contributed by atoms with Crippen LogP contribution in [0.4, 0.5) is 23.7 Å². The molecule has 1 saturated heterocycles. The third kappa shape index (κ3) is 2.85. The molecule has 0 aliphatic carbocycles. The molecule has 1 fully saturated rings. The maximum absolute atomic E-state index is 13.0. The summed E-state index contributed by atoms with van der Waals surface area (Å²) in [6, 6.07) is 3.41. The average molecular weight is 306 g/mol. The number of alkyl halides is 3. The molecule has 1 aliphatic heterocycles. The van der Waals surface area contributed by atoms with Crippen LogP contribution in [0.5, 0.6) is 0 Å². The van der Waals surface area contributed by atoms with Crippen molar-refractivity contribution in [1.82, 2.24) is 5.06 Å². The van der Waals surface area contributed by atoms with Crippen molar-refractivity contribution in [2.75, 3.05) is 31.4 Å². The number of nitrogens with zero attached hydrogens (tertiary/aromatic N) is 2. The highest BCUT2D eigenvalue weighted by Gasteiger charge is 2.35. The number of rotatable bonds is 2. The number of carbonyl (C=O) groups excluding carboxylic acids is 1. The zero-order valence-corrected chi connectivity index (χ0v) is 11.7. The molecular weight excluding hydrogens is 293 g/mol. The number of halogens is 3. The van der Waals surface area contributed by atoms with Crippen LogP contribution < -0.4 is 4.90 Å². The first-order chi connectivity index (χ1) is 9.34. The molecule has 0 N–H and O–H groups in total. The molecule has 1 aromatic rings. The van der Waals surface area contributed by atoms with E-state index in [0.29, 0.717) is 0 Å². The molecule has 0 bridgehead atoms. The van der Waals surface area contributed by atoms with Crippen LogP contribution in [0.1, 0.15) is 5.56 Å². The first-order valence-electron chi connectivity index (χ1n) is 5.78. The number of thioether (sulfide) groups is 1. The van der Waals surface area contributed by atoms with Crippen LogP contribution >= 0.6 is 11.8 Å². The van der Waals surface area contributed by atoms with E-state index in [9.17, 15) is 18.0 Å². The zero-order chi connectivity index (χ0) is 14.9. The van der Waals surface area contributed by atoms with E-state index >= 15 is 0 Å². The van der Waals surface area contributed by atoms with E-state index in [1.807, 2.05) is 0 Å². The van der Waals surface area contributed by atoms with Crippen LogP contribution in [0.3, 0.4) is 0 Å². The molecule has 110 valence electrons. The van der Waals surface area contributed by atoms with Gasteiger partial charge in [0.2, 0.25) is 0 Å². The van der Waals surface area contributed by atoms with Gasteiger partial charge in [0.25, 0.3) is 0 Å². The van der Waals surface area contributed by atoms with Gasteiger partial charge >= 0.3 is 12.2 Å². The lowest BCUT2D eigenvalue weighted by Crippen LogP contribution is -2.48. The van der Waals surface area contributed by atoms with Gasteiger partial charge in [0.05, 0.1) is 18.7 Å². The summed E-state index contributed by atoms with van der Waals surface area (Å²) in [5.74, 6) is 0. The summed E-state index contributed by atoms with van der Waals surface area (Å²) in [5, 5.41) is 1.01. The Morgan fingerprint density at radius 3 is 2.65 bits per heavy atom. The number of urea groups is 1. The molecule has 0 spiro atoms. The number of carbonyl (C=O) groups is 1. The highest BCUT2D eigenvalue weighted by molar-refractivity contribution is 7.98. The molecule has 0 saturated carbocycles. The van der Waals surface area contributed by atoms with E-state index in [4.69, 9.17) is 4.84 Å². The Balaban J connectivity index is 2.41. The van der Waals surface area contributed by atoms with Crippen LogP contribution in [0, 0.1) is 0 Å². The minimum Gasteiger partial charge on any atom is -0.290 e. The van der Waals surface area contributed by atoms with Gasteiger partial charge in [-0.05, 0) is 24.5 Å². The van der Waals surface area contributed by atoms with Crippen molar-refractivity contribution < 1.29 is 22.8 Å². The molecule has 4 nitrogen and oxygen atoms in total. The number of anilines is 1. The molecule has 1 heterocycles. The quantitative estimate of drug-likeness (QED) is 0.787. The minimum absolute atomic E-state index is 0.135. The van der Waals surface area contributed by atoms with Crippen molar-refractivity contribution in [2.24, 2.45) is 0 Å². The second-order valence-corrected chi connectivity index (χ2v) is 5.00. The summed E-state index contributed by atoms with van der Waals surface area (Å²) >= 11 is 1.02. The van der Waals surface area contributed by atoms with E-state index < -0.39 is 17.8 Å². The summed E-state index contributed by atoms with van der Waals surface area (Å²) in [7, 11) is 1.43. The Morgan fingerprint density at radius 1 is 1.35 bits per heavy atom. The number of amides is 2. The molecule has 2 rings (SSSR count). The van der Waals surface area contributed by atoms with Gasteiger partial charge in [-0.15, -0.1) is 11.8 Å². The van der Waals surface area contributed by atoms with Crippen LogP contribution in [0.25, 0.3) is 0 Å². The molecule has 0 atom stereocenters. The van der Waals surface area contributed by atoms with Crippen LogP contribution in [-0.2, 0) is 11.0 Å². The molecule has 1 aromatic carbocycles. The topological polar surface area (TPSA) is 32.8 Å². The van der Waals surface area contributed by atoms with E-state index in [1.54, 1.807) is 6.26 Å². The Kier molecular flexibility index (Phi) is 4.14. The van der Waals surface area contributed by atoms with Crippen molar-refractivity contribution >= 4 is 23.5 Å². The summed E-state index contributed by atoms with van der Waals surface area (Å²) in [4.78, 5) is 18.3. The highest BCUT2D eigenvalue weighted by atomic mass is 32.2. The number of hydrogen-bond donors (Lipinski definition) is 0. The highest BCUT2D eigenvalue weighted by Crippen LogP contribution is 2.38. The average Bonchev–Trinajstić information content (AvgIpc) is 2.40. The first-order valence-corrected chi connectivity index (χ1v) is 7.00. The lowest BCUT2D eigenvalue weighted by atomic mass is 10.1. The summed E-state index contributed by atoms with van der Waals surface area (Å²) in [6.45, 7) is 0.465. The van der Waals surface area contributed by atoms with E-state index in [2.05, 4.69) is 0 Å². The van der Waals surface area contributed by atoms with Crippen LogP contribution in [0.15, 0.2) is 23.1 Å². The maximum atomic E-state index is 13.0. The van der Waals surface area contributed by atoms with Gasteiger partial charge in [-0.2, -0.15) is 13.2 Å². The van der Waals surface area contributed by atoms with Crippen LogP contribution in [-0.4, -0.2) is 37.5 Å². The van der Waals surface area contributed by atoms with Crippen molar-refractivity contribution in [1.29, 1.82) is 0 Å². The maximum Gasteiger partial charge on any atom is 0.417 e. The fourth-order valence-corrected chi connectivity index (χ4v) is 2.51. The standard InChI is InChI=1S/C12H13F3N2O2S/c1-16-11(18)17(5-6-19-16)8-3-4-10(20-2)9(7-8)12(13,14)15/h3-4,7H,5-6H2,1-2H3. The second kappa shape index (κ2) is 5.53. The third-order valence-electron chi connectivity index (χ3n) is 2.90. The monoisotopic (exact) mass is 306 g/mol. The van der Waals surface area contributed by atoms with Gasteiger partial charge in [0, 0.05) is 17.6 Å². The van der Waals surface area contributed by atoms with E-state index in [-0.39, 0.29) is 23.7 Å². The van der Waals surface area contributed by atoms with Crippen molar-refractivity contribution in [3.63, 3.8) is 0 Å². The third-order valence-corrected chi connectivity index (χ3v) is 3.70.